The van der Waals surface area contributed by atoms with Crippen molar-refractivity contribution in [1.29, 1.82) is 0 Å². The highest BCUT2D eigenvalue weighted by Crippen LogP contribution is 2.33. The maximum atomic E-state index is 5.80. The number of imidazole rings is 1. The molecule has 1 aliphatic rings. The Bertz CT molecular complexity index is 636. The van der Waals surface area contributed by atoms with Gasteiger partial charge in [0, 0.05) is 35.4 Å². The van der Waals surface area contributed by atoms with E-state index in [1.54, 1.807) is 0 Å². The van der Waals surface area contributed by atoms with Gasteiger partial charge in [-0.1, -0.05) is 29.8 Å². The van der Waals surface area contributed by atoms with Crippen molar-refractivity contribution < 1.29 is 4.74 Å². The fourth-order valence-corrected chi connectivity index (χ4v) is 3.10. The molecule has 0 unspecified atom stereocenters. The summed E-state index contributed by atoms with van der Waals surface area (Å²) in [7, 11) is 0. The zero-order chi connectivity index (χ0) is 14.8. The first kappa shape index (κ1) is 14.4. The second kappa shape index (κ2) is 6.10. The molecule has 5 heteroatoms. The minimum Gasteiger partial charge on any atom is -0.493 e. The number of fused-ring (bicyclic) bond motifs is 1. The molecule has 3 rings (SSSR count). The Balaban J connectivity index is 1.83. The fraction of sp³-hybridized carbons (Fsp3) is 0.438. The second-order valence-electron chi connectivity index (χ2n) is 5.81. The number of halogens is 1. The van der Waals surface area contributed by atoms with E-state index in [-0.39, 0.29) is 0 Å². The molecule has 1 aliphatic heterocycles. The molecule has 0 spiro atoms. The first-order valence-corrected chi connectivity index (χ1v) is 8.12. The van der Waals surface area contributed by atoms with Crippen LogP contribution >= 0.6 is 15.9 Å². The van der Waals surface area contributed by atoms with Crippen LogP contribution in [0.4, 0.5) is 5.95 Å². The van der Waals surface area contributed by atoms with Crippen LogP contribution in [0.15, 0.2) is 29.0 Å². The molecular weight excluding hydrogens is 330 g/mol. The molecule has 2 heterocycles. The first-order valence-electron chi connectivity index (χ1n) is 7.32. The molecule has 2 aromatic rings. The molecule has 1 aromatic carbocycles. The lowest BCUT2D eigenvalue weighted by atomic mass is 10.1. The van der Waals surface area contributed by atoms with Crippen molar-refractivity contribution in [3.63, 3.8) is 0 Å². The van der Waals surface area contributed by atoms with Crippen molar-refractivity contribution in [2.24, 2.45) is 5.92 Å². The van der Waals surface area contributed by atoms with Gasteiger partial charge in [-0.2, -0.15) is 0 Å². The lowest BCUT2D eigenvalue weighted by Crippen LogP contribution is -2.13. The van der Waals surface area contributed by atoms with Crippen LogP contribution in [0.3, 0.4) is 0 Å². The van der Waals surface area contributed by atoms with Gasteiger partial charge in [0.2, 0.25) is 5.95 Å². The van der Waals surface area contributed by atoms with Gasteiger partial charge in [-0.25, -0.2) is 4.98 Å². The second-order valence-corrected chi connectivity index (χ2v) is 6.72. The molecule has 0 amide bonds. The minimum atomic E-state index is 0.591. The normalized spacial score (nSPS) is 13.3. The van der Waals surface area contributed by atoms with Crippen LogP contribution in [0.5, 0.6) is 5.75 Å². The number of rotatable bonds is 5. The third-order valence-corrected chi connectivity index (χ3v) is 4.01. The summed E-state index contributed by atoms with van der Waals surface area (Å²) < 4.78 is 9.04. The first-order chi connectivity index (χ1) is 10.1. The summed E-state index contributed by atoms with van der Waals surface area (Å²) in [4.78, 5) is 4.40. The molecule has 0 radical (unpaired) electrons. The molecule has 0 saturated heterocycles. The molecule has 112 valence electrons. The predicted molar refractivity (Wildman–Crippen MR) is 88.0 cm³/mol. The van der Waals surface area contributed by atoms with E-state index in [9.17, 15) is 0 Å². The molecule has 1 aromatic heterocycles. The molecule has 0 atom stereocenters. The van der Waals surface area contributed by atoms with Crippen molar-refractivity contribution in [1.82, 2.24) is 9.55 Å². The Morgan fingerprint density at radius 2 is 2.29 bits per heavy atom. The zero-order valence-electron chi connectivity index (χ0n) is 12.4. The van der Waals surface area contributed by atoms with E-state index in [1.165, 1.54) is 11.1 Å². The molecule has 4 nitrogen and oxygen atoms in total. The summed E-state index contributed by atoms with van der Waals surface area (Å²) in [5.41, 5.74) is 2.48. The van der Waals surface area contributed by atoms with E-state index < -0.39 is 0 Å². The Morgan fingerprint density at radius 1 is 1.43 bits per heavy atom. The smallest absolute Gasteiger partial charge is 0.203 e. The SMILES string of the molecule is CC(C)CNc1nccn1Cc1cc(Br)cc2c1OCC2. The third-order valence-electron chi connectivity index (χ3n) is 3.55. The average Bonchev–Trinajstić information content (AvgIpc) is 3.05. The Hall–Kier alpha value is -1.49. The lowest BCUT2D eigenvalue weighted by Gasteiger charge is -2.14. The maximum absolute atomic E-state index is 5.80. The molecule has 1 N–H and O–H groups in total. The highest BCUT2D eigenvalue weighted by atomic mass is 79.9. The molecule has 0 saturated carbocycles. The van der Waals surface area contributed by atoms with Gasteiger partial charge in [-0.05, 0) is 23.6 Å². The molecule has 0 bridgehead atoms. The number of ether oxygens (including phenoxy) is 1. The van der Waals surface area contributed by atoms with Crippen LogP contribution in [0.2, 0.25) is 0 Å². The standard InChI is InChI=1S/C16H20BrN3O/c1-11(2)9-19-16-18-4-5-20(16)10-13-8-14(17)7-12-3-6-21-15(12)13/h4-5,7-8,11H,3,6,9-10H2,1-2H3,(H,18,19). The number of anilines is 1. The predicted octanol–water partition coefficient (Wildman–Crippen LogP) is 3.70. The van der Waals surface area contributed by atoms with Crippen molar-refractivity contribution in [3.05, 3.63) is 40.1 Å². The zero-order valence-corrected chi connectivity index (χ0v) is 14.0. The maximum Gasteiger partial charge on any atom is 0.203 e. The Kier molecular flexibility index (Phi) is 4.19. The van der Waals surface area contributed by atoms with E-state index in [0.29, 0.717) is 5.92 Å². The van der Waals surface area contributed by atoms with E-state index in [4.69, 9.17) is 4.74 Å². The summed E-state index contributed by atoms with van der Waals surface area (Å²) in [6, 6.07) is 4.29. The molecule has 21 heavy (non-hydrogen) atoms. The monoisotopic (exact) mass is 349 g/mol. The van der Waals surface area contributed by atoms with Crippen molar-refractivity contribution in [2.75, 3.05) is 18.5 Å². The largest absolute Gasteiger partial charge is 0.493 e. The van der Waals surface area contributed by atoms with Gasteiger partial charge in [-0.3, -0.25) is 0 Å². The van der Waals surface area contributed by atoms with E-state index in [0.717, 1.165) is 42.3 Å². The summed E-state index contributed by atoms with van der Waals surface area (Å²) in [6.07, 6.45) is 4.83. The van der Waals surface area contributed by atoms with E-state index in [1.807, 2.05) is 12.4 Å². The highest BCUT2D eigenvalue weighted by molar-refractivity contribution is 9.10. The van der Waals surface area contributed by atoms with Crippen molar-refractivity contribution in [3.8, 4) is 5.75 Å². The Morgan fingerprint density at radius 3 is 3.10 bits per heavy atom. The quantitative estimate of drug-likeness (QED) is 0.894. The fourth-order valence-electron chi connectivity index (χ4n) is 2.55. The van der Waals surface area contributed by atoms with Gasteiger partial charge in [0.25, 0.3) is 0 Å². The summed E-state index contributed by atoms with van der Waals surface area (Å²) in [6.45, 7) is 6.85. The van der Waals surface area contributed by atoms with Crippen LogP contribution < -0.4 is 10.1 Å². The van der Waals surface area contributed by atoms with Gasteiger partial charge < -0.3 is 14.6 Å². The van der Waals surface area contributed by atoms with Gasteiger partial charge >= 0.3 is 0 Å². The van der Waals surface area contributed by atoms with E-state index >= 15 is 0 Å². The average molecular weight is 350 g/mol. The summed E-state index contributed by atoms with van der Waals surface area (Å²) >= 11 is 3.59. The van der Waals surface area contributed by atoms with Crippen molar-refractivity contribution >= 4 is 21.9 Å². The lowest BCUT2D eigenvalue weighted by molar-refractivity contribution is 0.352. The molecule has 0 aliphatic carbocycles. The van der Waals surface area contributed by atoms with E-state index in [2.05, 4.69) is 56.8 Å². The number of hydrogen-bond donors (Lipinski definition) is 1. The molecule has 0 fully saturated rings. The van der Waals surface area contributed by atoms with Crippen LogP contribution in [0.1, 0.15) is 25.0 Å². The van der Waals surface area contributed by atoms with Crippen LogP contribution in [-0.2, 0) is 13.0 Å². The van der Waals surface area contributed by atoms with Gasteiger partial charge in [0.15, 0.2) is 0 Å². The Labute approximate surface area is 133 Å². The molecular formula is C16H20BrN3O. The number of benzene rings is 1. The highest BCUT2D eigenvalue weighted by Gasteiger charge is 2.18. The van der Waals surface area contributed by atoms with Crippen molar-refractivity contribution in [2.45, 2.75) is 26.8 Å². The number of aromatic nitrogens is 2. The van der Waals surface area contributed by atoms with Gasteiger partial charge in [0.1, 0.15) is 5.75 Å². The number of hydrogen-bond acceptors (Lipinski definition) is 3. The number of nitrogens with zero attached hydrogens (tertiary/aromatic N) is 2. The van der Waals surface area contributed by atoms with Gasteiger partial charge in [-0.15, -0.1) is 0 Å². The summed E-state index contributed by atoms with van der Waals surface area (Å²) in [5, 5.41) is 3.39. The minimum absolute atomic E-state index is 0.591. The van der Waals surface area contributed by atoms with Crippen LogP contribution in [0, 0.1) is 5.92 Å². The number of nitrogens with one attached hydrogen (secondary N) is 1. The third kappa shape index (κ3) is 3.23. The van der Waals surface area contributed by atoms with Gasteiger partial charge in [0.05, 0.1) is 13.2 Å². The van der Waals surface area contributed by atoms with Crippen LogP contribution in [-0.4, -0.2) is 22.7 Å². The summed E-state index contributed by atoms with van der Waals surface area (Å²) in [5.74, 6) is 2.55. The topological polar surface area (TPSA) is 39.1 Å². The van der Waals surface area contributed by atoms with Crippen LogP contribution in [0.25, 0.3) is 0 Å².